The molecule has 7 heteroatoms. The molecule has 0 radical (unpaired) electrons. The summed E-state index contributed by atoms with van der Waals surface area (Å²) in [5, 5.41) is 3.13. The predicted octanol–water partition coefficient (Wildman–Crippen LogP) is 4.66. The number of hydrogen-bond donors (Lipinski definition) is 1. The van der Waals surface area contributed by atoms with E-state index in [1.165, 1.54) is 4.31 Å². The molecule has 2 unspecified atom stereocenters. The van der Waals surface area contributed by atoms with E-state index >= 15 is 0 Å². The average molecular weight is 459 g/mol. The number of para-hydroxylation sites is 1. The van der Waals surface area contributed by atoms with Gasteiger partial charge < -0.3 is 10.1 Å². The van der Waals surface area contributed by atoms with Crippen LogP contribution in [0.25, 0.3) is 0 Å². The number of nitrogens with one attached hydrogen (secondary N) is 1. The molecule has 0 spiro atoms. The van der Waals surface area contributed by atoms with Crippen molar-refractivity contribution in [2.75, 3.05) is 10.6 Å². The van der Waals surface area contributed by atoms with Crippen LogP contribution >= 0.6 is 0 Å². The van der Waals surface area contributed by atoms with Gasteiger partial charge in [0.2, 0.25) is 15.9 Å². The summed E-state index contributed by atoms with van der Waals surface area (Å²) < 4.78 is 33.1. The Hall–Kier alpha value is -2.54. The first-order valence-electron chi connectivity index (χ1n) is 11.2. The molecule has 0 aromatic heterocycles. The van der Waals surface area contributed by atoms with E-state index in [1.807, 2.05) is 56.3 Å². The number of benzene rings is 2. The quantitative estimate of drug-likeness (QED) is 0.655. The Morgan fingerprint density at radius 2 is 1.84 bits per heavy atom. The zero-order valence-corrected chi connectivity index (χ0v) is 20.6. The number of aryl methyl sites for hydroxylation is 2. The molecule has 2 aromatic rings. The van der Waals surface area contributed by atoms with E-state index in [-0.39, 0.29) is 17.6 Å². The van der Waals surface area contributed by atoms with Crippen molar-refractivity contribution in [3.63, 3.8) is 0 Å². The molecule has 2 aromatic carbocycles. The van der Waals surface area contributed by atoms with E-state index < -0.39 is 16.1 Å². The second-order valence-electron chi connectivity index (χ2n) is 8.82. The molecule has 2 atom stereocenters. The second kappa shape index (κ2) is 9.14. The number of carbonyl (C=O) groups is 1. The normalized spacial score (nSPS) is 18.2. The van der Waals surface area contributed by atoms with Crippen molar-refractivity contribution in [2.24, 2.45) is 0 Å². The van der Waals surface area contributed by atoms with Crippen molar-refractivity contribution in [3.8, 4) is 5.75 Å². The minimum atomic E-state index is -3.69. The highest BCUT2D eigenvalue weighted by Gasteiger charge is 2.40. The van der Waals surface area contributed by atoms with Crippen LogP contribution in [0, 0.1) is 13.8 Å². The molecule has 174 valence electrons. The number of ether oxygens (including phenoxy) is 1. The summed E-state index contributed by atoms with van der Waals surface area (Å²) in [6, 6.07) is 12.2. The largest absolute Gasteiger partial charge is 0.487 e. The van der Waals surface area contributed by atoms with Gasteiger partial charge in [-0.25, -0.2) is 8.42 Å². The summed E-state index contributed by atoms with van der Waals surface area (Å²) in [4.78, 5) is 13.4. The molecular formula is C25H34N2O4S. The van der Waals surface area contributed by atoms with Crippen LogP contribution in [0.4, 0.5) is 5.69 Å². The van der Waals surface area contributed by atoms with Crippen LogP contribution in [-0.2, 0) is 14.8 Å². The highest BCUT2D eigenvalue weighted by molar-refractivity contribution is 7.92. The monoisotopic (exact) mass is 458 g/mol. The van der Waals surface area contributed by atoms with Crippen LogP contribution in [0.2, 0.25) is 0 Å². The molecule has 1 aliphatic rings. The zero-order valence-electron chi connectivity index (χ0n) is 19.8. The molecule has 1 N–H and O–H groups in total. The van der Waals surface area contributed by atoms with Gasteiger partial charge in [-0.1, -0.05) is 44.2 Å². The molecule has 32 heavy (non-hydrogen) atoms. The van der Waals surface area contributed by atoms with Gasteiger partial charge in [0, 0.05) is 12.0 Å². The number of hydrogen-bond acceptors (Lipinski definition) is 4. The van der Waals surface area contributed by atoms with Gasteiger partial charge in [0.15, 0.2) is 0 Å². The maximum absolute atomic E-state index is 13.4. The number of nitrogens with zero attached hydrogens (tertiary/aromatic N) is 1. The van der Waals surface area contributed by atoms with E-state index in [2.05, 4.69) is 19.2 Å². The van der Waals surface area contributed by atoms with E-state index in [9.17, 15) is 13.2 Å². The molecule has 0 aliphatic carbocycles. The fourth-order valence-corrected chi connectivity index (χ4v) is 5.68. The van der Waals surface area contributed by atoms with Crippen molar-refractivity contribution < 1.29 is 17.9 Å². The Morgan fingerprint density at radius 1 is 1.19 bits per heavy atom. The first kappa shape index (κ1) is 24.1. The first-order chi connectivity index (χ1) is 15.0. The summed E-state index contributed by atoms with van der Waals surface area (Å²) in [6.07, 6.45) is 3.41. The molecule has 0 fully saturated rings. The van der Waals surface area contributed by atoms with Gasteiger partial charge in [0.05, 0.1) is 18.0 Å². The highest BCUT2D eigenvalue weighted by atomic mass is 32.2. The van der Waals surface area contributed by atoms with Crippen LogP contribution in [0.5, 0.6) is 5.75 Å². The van der Waals surface area contributed by atoms with E-state index in [0.29, 0.717) is 12.1 Å². The maximum Gasteiger partial charge on any atom is 0.244 e. The van der Waals surface area contributed by atoms with E-state index in [0.717, 1.165) is 41.5 Å². The van der Waals surface area contributed by atoms with Gasteiger partial charge >= 0.3 is 0 Å². The van der Waals surface area contributed by atoms with Crippen LogP contribution in [0.1, 0.15) is 62.8 Å². The summed E-state index contributed by atoms with van der Waals surface area (Å²) in [5.74, 6) is 0.439. The number of anilines is 1. The van der Waals surface area contributed by atoms with E-state index in [1.54, 1.807) is 6.92 Å². The topological polar surface area (TPSA) is 75.7 Å². The lowest BCUT2D eigenvalue weighted by atomic mass is 9.83. The van der Waals surface area contributed by atoms with Crippen molar-refractivity contribution >= 4 is 21.6 Å². The molecule has 0 bridgehead atoms. The van der Waals surface area contributed by atoms with Crippen LogP contribution in [0.3, 0.4) is 0 Å². The molecule has 3 rings (SSSR count). The Morgan fingerprint density at radius 3 is 2.47 bits per heavy atom. The minimum Gasteiger partial charge on any atom is -0.487 e. The average Bonchev–Trinajstić information content (AvgIpc) is 2.75. The summed E-state index contributed by atoms with van der Waals surface area (Å²) >= 11 is 0. The Labute approximate surface area is 192 Å². The van der Waals surface area contributed by atoms with Crippen molar-refractivity contribution in [2.45, 2.75) is 71.6 Å². The number of sulfonamides is 1. The Balaban J connectivity index is 1.95. The highest BCUT2D eigenvalue weighted by Crippen LogP contribution is 2.42. The molecule has 1 aliphatic heterocycles. The third-order valence-corrected chi connectivity index (χ3v) is 7.72. The summed E-state index contributed by atoms with van der Waals surface area (Å²) in [6.45, 7) is 9.57. The van der Waals surface area contributed by atoms with Crippen molar-refractivity contribution in [3.05, 3.63) is 59.2 Å². The SMILES string of the molecule is CCC1(CC)CC(NC(=O)C(C)N(c2cc(C)ccc2C)S(C)(=O)=O)c2ccccc2O1. The lowest BCUT2D eigenvalue weighted by Gasteiger charge is -2.42. The fourth-order valence-electron chi connectivity index (χ4n) is 4.46. The Kier molecular flexibility index (Phi) is 6.89. The van der Waals surface area contributed by atoms with Gasteiger partial charge in [-0.15, -0.1) is 0 Å². The molecule has 1 amide bonds. The van der Waals surface area contributed by atoms with E-state index in [4.69, 9.17) is 4.74 Å². The third-order valence-electron chi connectivity index (χ3n) is 6.49. The summed E-state index contributed by atoms with van der Waals surface area (Å²) in [5.41, 5.74) is 2.82. The standard InChI is InChI=1S/C25H34N2O4S/c1-7-25(8-2)16-21(20-11-9-10-12-23(20)31-25)26-24(28)19(5)27(32(6,29)30)22-15-17(3)13-14-18(22)4/h9-15,19,21H,7-8,16H2,1-6H3,(H,26,28). The van der Waals surface area contributed by atoms with Gasteiger partial charge in [-0.05, 0) is 56.9 Å². The predicted molar refractivity (Wildman–Crippen MR) is 129 cm³/mol. The van der Waals surface area contributed by atoms with Crippen LogP contribution in [0.15, 0.2) is 42.5 Å². The van der Waals surface area contributed by atoms with Gasteiger partial charge in [0.1, 0.15) is 17.4 Å². The zero-order chi connectivity index (χ0) is 23.7. The van der Waals surface area contributed by atoms with Crippen LogP contribution < -0.4 is 14.4 Å². The molecule has 0 saturated carbocycles. The fraction of sp³-hybridized carbons (Fsp3) is 0.480. The number of rotatable bonds is 7. The third kappa shape index (κ3) is 4.77. The van der Waals surface area contributed by atoms with Crippen molar-refractivity contribution in [1.82, 2.24) is 5.32 Å². The number of amides is 1. The van der Waals surface area contributed by atoms with Crippen molar-refractivity contribution in [1.29, 1.82) is 0 Å². The van der Waals surface area contributed by atoms with Gasteiger partial charge in [-0.2, -0.15) is 0 Å². The lowest BCUT2D eigenvalue weighted by Crippen LogP contribution is -2.51. The van der Waals surface area contributed by atoms with Crippen LogP contribution in [-0.4, -0.2) is 32.2 Å². The maximum atomic E-state index is 13.4. The Bertz CT molecular complexity index is 1090. The molecular weight excluding hydrogens is 424 g/mol. The number of fused-ring (bicyclic) bond motifs is 1. The van der Waals surface area contributed by atoms with Gasteiger partial charge in [0.25, 0.3) is 0 Å². The first-order valence-corrected chi connectivity index (χ1v) is 13.0. The second-order valence-corrected chi connectivity index (χ2v) is 10.7. The smallest absolute Gasteiger partial charge is 0.244 e. The van der Waals surface area contributed by atoms with Gasteiger partial charge in [-0.3, -0.25) is 9.10 Å². The lowest BCUT2D eigenvalue weighted by molar-refractivity contribution is -0.123. The molecule has 0 saturated heterocycles. The minimum absolute atomic E-state index is 0.255. The molecule has 6 nitrogen and oxygen atoms in total. The molecule has 1 heterocycles. The number of carbonyl (C=O) groups excluding carboxylic acids is 1. The summed E-state index contributed by atoms with van der Waals surface area (Å²) in [7, 11) is -3.69.